The number of anilines is 1. The summed E-state index contributed by atoms with van der Waals surface area (Å²) in [5, 5.41) is 2.87. The van der Waals surface area contributed by atoms with Gasteiger partial charge < -0.3 is 14.8 Å². The molecule has 4 aromatic rings. The topological polar surface area (TPSA) is 109 Å². The fourth-order valence-electron chi connectivity index (χ4n) is 5.75. The second-order valence-corrected chi connectivity index (χ2v) is 10.9. The summed E-state index contributed by atoms with van der Waals surface area (Å²) in [4.78, 5) is 53.8. The van der Waals surface area contributed by atoms with Crippen LogP contribution in [0.3, 0.4) is 0 Å². The molecule has 0 unspecified atom stereocenters. The van der Waals surface area contributed by atoms with Gasteiger partial charge in [0.1, 0.15) is 12.4 Å². The fourth-order valence-corrected chi connectivity index (χ4v) is 5.75. The van der Waals surface area contributed by atoms with Crippen molar-refractivity contribution in [1.29, 1.82) is 0 Å². The Balaban J connectivity index is 1.38. The smallest absolute Gasteiger partial charge is 0.332 e. The van der Waals surface area contributed by atoms with Crippen LogP contribution in [0.1, 0.15) is 54.4 Å². The molecule has 0 radical (unpaired) electrons. The van der Waals surface area contributed by atoms with Gasteiger partial charge in [0.05, 0.1) is 17.4 Å². The zero-order chi connectivity index (χ0) is 29.2. The summed E-state index contributed by atoms with van der Waals surface area (Å²) < 4.78 is 26.4. The number of hydrogen-bond acceptors (Lipinski definition) is 6. The first-order chi connectivity index (χ1) is 20.4. The van der Waals surface area contributed by atoms with E-state index in [0.29, 0.717) is 40.7 Å². The van der Waals surface area contributed by atoms with E-state index in [1.165, 1.54) is 35.3 Å². The van der Waals surface area contributed by atoms with E-state index in [-0.39, 0.29) is 30.0 Å². The summed E-state index contributed by atoms with van der Waals surface area (Å²) in [5.74, 6) is 0.364. The van der Waals surface area contributed by atoms with Crippen LogP contribution in [-0.2, 0) is 17.9 Å². The lowest BCUT2D eigenvalue weighted by Crippen LogP contribution is -2.42. The number of benzene rings is 3. The Bertz CT molecular complexity index is 1790. The van der Waals surface area contributed by atoms with Crippen LogP contribution < -0.4 is 26.0 Å². The van der Waals surface area contributed by atoms with E-state index < -0.39 is 29.5 Å². The Hall–Kier alpha value is -4.73. The van der Waals surface area contributed by atoms with Gasteiger partial charge in [-0.1, -0.05) is 44.2 Å². The molecule has 1 aliphatic heterocycles. The molecule has 0 atom stereocenters. The van der Waals surface area contributed by atoms with Crippen LogP contribution >= 0.6 is 0 Å². The van der Waals surface area contributed by atoms with Gasteiger partial charge in [-0.3, -0.25) is 23.5 Å². The number of ketones is 1. The quantitative estimate of drug-likeness (QED) is 0.302. The molecule has 2 aliphatic rings. The Labute approximate surface area is 240 Å². The number of ether oxygens (including phenoxy) is 2. The highest BCUT2D eigenvalue weighted by Gasteiger charge is 2.22. The van der Waals surface area contributed by atoms with Gasteiger partial charge in [-0.2, -0.15) is 0 Å². The molecule has 6 rings (SSSR count). The van der Waals surface area contributed by atoms with Crippen LogP contribution in [0.25, 0.3) is 10.9 Å². The Kier molecular flexibility index (Phi) is 7.60. The normalized spacial score (nSPS) is 14.7. The lowest BCUT2D eigenvalue weighted by atomic mass is 9.85. The molecule has 1 aliphatic carbocycles. The highest BCUT2D eigenvalue weighted by atomic mass is 19.1. The van der Waals surface area contributed by atoms with Crippen molar-refractivity contribution in [3.63, 3.8) is 0 Å². The van der Waals surface area contributed by atoms with Crippen LogP contribution in [0.2, 0.25) is 0 Å². The summed E-state index contributed by atoms with van der Waals surface area (Å²) >= 11 is 0. The third kappa shape index (κ3) is 5.70. The van der Waals surface area contributed by atoms with Crippen LogP contribution in [-0.4, -0.2) is 27.6 Å². The molecule has 0 bridgehead atoms. The SMILES string of the molecule is O=C(Cn1c(=O)n(Cc2ccc3c(c2)OCO3)c(=O)c2ccc(C(=O)CC3CCCCC3)cc21)Nc1ccc(F)cc1. The molecule has 42 heavy (non-hydrogen) atoms. The van der Waals surface area contributed by atoms with Gasteiger partial charge in [-0.25, -0.2) is 9.18 Å². The largest absolute Gasteiger partial charge is 0.454 e. The van der Waals surface area contributed by atoms with Gasteiger partial charge in [0.2, 0.25) is 12.7 Å². The molecule has 3 aromatic carbocycles. The average molecular weight is 572 g/mol. The highest BCUT2D eigenvalue weighted by Crippen LogP contribution is 2.32. The molecule has 216 valence electrons. The van der Waals surface area contributed by atoms with Crippen molar-refractivity contribution in [2.45, 2.75) is 51.6 Å². The van der Waals surface area contributed by atoms with Crippen molar-refractivity contribution in [3.8, 4) is 11.5 Å². The summed E-state index contributed by atoms with van der Waals surface area (Å²) in [6.07, 6.45) is 5.84. The van der Waals surface area contributed by atoms with Gasteiger partial charge >= 0.3 is 5.69 Å². The second kappa shape index (κ2) is 11.6. The second-order valence-electron chi connectivity index (χ2n) is 10.9. The number of hydrogen-bond donors (Lipinski definition) is 1. The maximum atomic E-state index is 13.8. The third-order valence-electron chi connectivity index (χ3n) is 7.95. The molecule has 1 N–H and O–H groups in total. The first kappa shape index (κ1) is 27.4. The van der Waals surface area contributed by atoms with Crippen molar-refractivity contribution in [3.05, 3.63) is 98.4 Å². The zero-order valence-corrected chi connectivity index (χ0v) is 22.9. The van der Waals surface area contributed by atoms with E-state index >= 15 is 0 Å². The van der Waals surface area contributed by atoms with E-state index in [4.69, 9.17) is 9.47 Å². The summed E-state index contributed by atoms with van der Waals surface area (Å²) in [6, 6.07) is 15.1. The molecule has 2 heterocycles. The monoisotopic (exact) mass is 571 g/mol. The standard InChI is InChI=1S/C32H30FN3O6/c33-23-8-10-24(11-9-23)34-30(38)18-35-26-16-22(27(37)14-20-4-2-1-3-5-20)7-12-25(26)31(39)36(32(35)40)17-21-6-13-28-29(15-21)42-19-41-28/h6-13,15-16,20H,1-5,14,17-19H2,(H,34,38). The number of Topliss-reactive ketones (excluding diaryl/α,β-unsaturated/α-hetero) is 1. The zero-order valence-electron chi connectivity index (χ0n) is 22.9. The van der Waals surface area contributed by atoms with E-state index in [9.17, 15) is 23.6 Å². The summed E-state index contributed by atoms with van der Waals surface area (Å²) in [7, 11) is 0. The molecule has 1 aromatic heterocycles. The van der Waals surface area contributed by atoms with Crippen molar-refractivity contribution in [2.75, 3.05) is 12.1 Å². The molecule has 1 fully saturated rings. The predicted molar refractivity (Wildman–Crippen MR) is 155 cm³/mol. The minimum atomic E-state index is -0.698. The fraction of sp³-hybridized carbons (Fsp3) is 0.312. The lowest BCUT2D eigenvalue weighted by molar-refractivity contribution is -0.116. The number of nitrogens with one attached hydrogen (secondary N) is 1. The highest BCUT2D eigenvalue weighted by molar-refractivity contribution is 5.99. The van der Waals surface area contributed by atoms with Gasteiger partial charge in [0.15, 0.2) is 17.3 Å². The Morgan fingerprint density at radius 1 is 0.881 bits per heavy atom. The van der Waals surface area contributed by atoms with Gasteiger partial charge in [0.25, 0.3) is 5.56 Å². The minimum Gasteiger partial charge on any atom is -0.454 e. The number of carbonyl (C=O) groups is 2. The van der Waals surface area contributed by atoms with Gasteiger partial charge in [0, 0.05) is 17.7 Å². The molecule has 0 saturated heterocycles. The molecule has 9 nitrogen and oxygen atoms in total. The minimum absolute atomic E-state index is 0.0527. The number of nitrogens with zero attached hydrogens (tertiary/aromatic N) is 2. The number of rotatable bonds is 8. The van der Waals surface area contributed by atoms with Crippen LogP contribution in [0, 0.1) is 11.7 Å². The molecule has 1 amide bonds. The summed E-state index contributed by atoms with van der Waals surface area (Å²) in [5.41, 5.74) is 0.365. The van der Waals surface area contributed by atoms with Crippen LogP contribution in [0.5, 0.6) is 11.5 Å². The van der Waals surface area contributed by atoms with Crippen LogP contribution in [0.4, 0.5) is 10.1 Å². The summed E-state index contributed by atoms with van der Waals surface area (Å²) in [6.45, 7) is -0.396. The molecular weight excluding hydrogens is 541 g/mol. The van der Waals surface area contributed by atoms with Crippen molar-refractivity contribution >= 4 is 28.3 Å². The van der Waals surface area contributed by atoms with Crippen molar-refractivity contribution in [2.24, 2.45) is 5.92 Å². The number of carbonyl (C=O) groups excluding carboxylic acids is 2. The first-order valence-electron chi connectivity index (χ1n) is 14.1. The first-order valence-corrected chi connectivity index (χ1v) is 14.1. The van der Waals surface area contributed by atoms with E-state index in [0.717, 1.165) is 30.3 Å². The number of amides is 1. The number of halogens is 1. The molecule has 10 heteroatoms. The Morgan fingerprint density at radius 3 is 2.43 bits per heavy atom. The van der Waals surface area contributed by atoms with Crippen molar-refractivity contribution in [1.82, 2.24) is 9.13 Å². The third-order valence-corrected chi connectivity index (χ3v) is 7.95. The molecular formula is C32H30FN3O6. The molecule has 1 saturated carbocycles. The van der Waals surface area contributed by atoms with E-state index in [1.54, 1.807) is 36.4 Å². The number of fused-ring (bicyclic) bond motifs is 2. The number of aromatic nitrogens is 2. The molecule has 0 spiro atoms. The van der Waals surface area contributed by atoms with E-state index in [2.05, 4.69) is 5.32 Å². The van der Waals surface area contributed by atoms with Gasteiger partial charge in [-0.05, 0) is 60.0 Å². The maximum Gasteiger partial charge on any atom is 0.332 e. The van der Waals surface area contributed by atoms with Gasteiger partial charge in [-0.15, -0.1) is 0 Å². The average Bonchev–Trinajstić information content (AvgIpc) is 3.47. The Morgan fingerprint density at radius 2 is 1.64 bits per heavy atom. The van der Waals surface area contributed by atoms with E-state index in [1.807, 2.05) is 0 Å². The lowest BCUT2D eigenvalue weighted by Gasteiger charge is -2.21. The van der Waals surface area contributed by atoms with Crippen LogP contribution in [0.15, 0.2) is 70.3 Å². The predicted octanol–water partition coefficient (Wildman–Crippen LogP) is 4.87. The maximum absolute atomic E-state index is 13.8. The van der Waals surface area contributed by atoms with Crippen molar-refractivity contribution < 1.29 is 23.5 Å².